The van der Waals surface area contributed by atoms with Crippen LogP contribution in [0.15, 0.2) is 16.9 Å². The number of amides is 1. The van der Waals surface area contributed by atoms with Gasteiger partial charge in [-0.2, -0.15) is 0 Å². The molecule has 0 radical (unpaired) electrons. The van der Waals surface area contributed by atoms with E-state index in [4.69, 9.17) is 10.5 Å². The van der Waals surface area contributed by atoms with Crippen LogP contribution in [0, 0.1) is 0 Å². The first-order valence-corrected chi connectivity index (χ1v) is 7.55. The van der Waals surface area contributed by atoms with Gasteiger partial charge in [-0.3, -0.25) is 9.59 Å². The highest BCUT2D eigenvalue weighted by molar-refractivity contribution is 5.85. The Labute approximate surface area is 135 Å². The molecule has 0 saturated carbocycles. The van der Waals surface area contributed by atoms with Crippen LogP contribution in [0.1, 0.15) is 43.0 Å². The van der Waals surface area contributed by atoms with E-state index in [0.29, 0.717) is 6.54 Å². The molecule has 1 aliphatic carbocycles. The number of hydrogen-bond donors (Lipinski definition) is 3. The number of aryl methyl sites for hydroxylation is 1. The maximum atomic E-state index is 12.3. The zero-order chi connectivity index (χ0) is 14.8. The quantitative estimate of drug-likeness (QED) is 0.764. The Balaban J connectivity index is 0.00000176. The van der Waals surface area contributed by atoms with Crippen molar-refractivity contribution in [1.82, 2.24) is 10.3 Å². The lowest BCUT2D eigenvalue weighted by molar-refractivity contribution is -0.132. The third-order valence-corrected chi connectivity index (χ3v) is 4.31. The molecule has 3 atom stereocenters. The largest absolute Gasteiger partial charge is 0.364 e. The number of aromatic amines is 1. The SMILES string of the molecule is Cl.NC[C@H]1CC[C@@H](C(=O)NC2CCCc3[nH]c(=O)ccc32)O1. The molecule has 0 aromatic carbocycles. The van der Waals surface area contributed by atoms with E-state index in [2.05, 4.69) is 10.3 Å². The van der Waals surface area contributed by atoms with Crippen LogP contribution < -0.4 is 16.6 Å². The Morgan fingerprint density at radius 2 is 2.18 bits per heavy atom. The summed E-state index contributed by atoms with van der Waals surface area (Å²) >= 11 is 0. The van der Waals surface area contributed by atoms with E-state index < -0.39 is 6.10 Å². The van der Waals surface area contributed by atoms with Gasteiger partial charge < -0.3 is 20.8 Å². The molecule has 0 spiro atoms. The summed E-state index contributed by atoms with van der Waals surface area (Å²) in [4.78, 5) is 26.5. The smallest absolute Gasteiger partial charge is 0.249 e. The molecular weight excluding hydrogens is 306 g/mol. The van der Waals surface area contributed by atoms with Crippen LogP contribution in [0.25, 0.3) is 0 Å². The lowest BCUT2D eigenvalue weighted by Gasteiger charge is -2.27. The predicted octanol–water partition coefficient (Wildman–Crippen LogP) is 0.797. The molecule has 1 aliphatic heterocycles. The minimum absolute atomic E-state index is 0. The molecule has 6 nitrogen and oxygen atoms in total. The van der Waals surface area contributed by atoms with Crippen LogP contribution in [-0.4, -0.2) is 29.6 Å². The maximum Gasteiger partial charge on any atom is 0.249 e. The number of fused-ring (bicyclic) bond motifs is 1. The van der Waals surface area contributed by atoms with E-state index in [9.17, 15) is 9.59 Å². The van der Waals surface area contributed by atoms with Crippen LogP contribution in [0.5, 0.6) is 0 Å². The number of pyridine rings is 1. The van der Waals surface area contributed by atoms with Gasteiger partial charge in [0.25, 0.3) is 0 Å². The van der Waals surface area contributed by atoms with Crippen molar-refractivity contribution < 1.29 is 9.53 Å². The fraction of sp³-hybridized carbons (Fsp3) is 0.600. The van der Waals surface area contributed by atoms with Gasteiger partial charge in [-0.15, -0.1) is 12.4 Å². The highest BCUT2D eigenvalue weighted by atomic mass is 35.5. The zero-order valence-corrected chi connectivity index (χ0v) is 13.2. The Bertz CT molecular complexity index is 590. The van der Waals surface area contributed by atoms with Crippen molar-refractivity contribution in [3.63, 3.8) is 0 Å². The molecule has 3 rings (SSSR count). The number of nitrogens with two attached hydrogens (primary N) is 1. The van der Waals surface area contributed by atoms with Gasteiger partial charge in [0.15, 0.2) is 0 Å². The maximum absolute atomic E-state index is 12.3. The van der Waals surface area contributed by atoms with Crippen molar-refractivity contribution in [2.24, 2.45) is 5.73 Å². The number of carbonyl (C=O) groups is 1. The Morgan fingerprint density at radius 1 is 1.36 bits per heavy atom. The molecule has 0 bridgehead atoms. The Hall–Kier alpha value is -1.37. The summed E-state index contributed by atoms with van der Waals surface area (Å²) in [5.41, 5.74) is 7.43. The molecule has 7 heteroatoms. The molecule has 1 fully saturated rings. The second-order valence-corrected chi connectivity index (χ2v) is 5.77. The van der Waals surface area contributed by atoms with Crippen molar-refractivity contribution in [3.8, 4) is 0 Å². The summed E-state index contributed by atoms with van der Waals surface area (Å²) in [7, 11) is 0. The van der Waals surface area contributed by atoms with Crippen LogP contribution in [0.3, 0.4) is 0 Å². The van der Waals surface area contributed by atoms with Crippen molar-refractivity contribution in [2.75, 3.05) is 6.54 Å². The summed E-state index contributed by atoms with van der Waals surface area (Å²) in [6.07, 6.45) is 3.85. The van der Waals surface area contributed by atoms with Gasteiger partial charge in [0.05, 0.1) is 12.1 Å². The molecule has 1 unspecified atom stereocenters. The average molecular weight is 328 g/mol. The molecule has 4 N–H and O–H groups in total. The van der Waals surface area contributed by atoms with Crippen LogP contribution >= 0.6 is 12.4 Å². The Morgan fingerprint density at radius 3 is 2.91 bits per heavy atom. The molecule has 1 amide bonds. The summed E-state index contributed by atoms with van der Waals surface area (Å²) < 4.78 is 5.63. The molecule has 122 valence electrons. The lowest BCUT2D eigenvalue weighted by Crippen LogP contribution is -2.39. The molecule has 1 saturated heterocycles. The molecule has 2 heterocycles. The van der Waals surface area contributed by atoms with Crippen molar-refractivity contribution in [3.05, 3.63) is 33.7 Å². The van der Waals surface area contributed by atoms with Crippen molar-refractivity contribution in [2.45, 2.75) is 50.4 Å². The number of carbonyl (C=O) groups excluding carboxylic acids is 1. The summed E-state index contributed by atoms with van der Waals surface area (Å²) in [6.45, 7) is 0.456. The second-order valence-electron chi connectivity index (χ2n) is 5.77. The third-order valence-electron chi connectivity index (χ3n) is 4.31. The van der Waals surface area contributed by atoms with Gasteiger partial charge in [0, 0.05) is 18.3 Å². The standard InChI is InChI=1S/C15H21N3O3.ClH/c16-8-9-4-6-13(21-9)15(20)18-12-3-1-2-11-10(12)5-7-14(19)17-11;/h5,7,9,12-13H,1-4,6,8,16H2,(H,17,19)(H,18,20);1H/t9-,12?,13+;/m1./s1. The lowest BCUT2D eigenvalue weighted by atomic mass is 9.91. The van der Waals surface area contributed by atoms with Gasteiger partial charge in [0.1, 0.15) is 6.10 Å². The summed E-state index contributed by atoms with van der Waals surface area (Å²) in [6, 6.07) is 3.29. The normalized spacial score (nSPS) is 26.9. The fourth-order valence-electron chi connectivity index (χ4n) is 3.19. The molecule has 22 heavy (non-hydrogen) atoms. The highest BCUT2D eigenvalue weighted by Gasteiger charge is 2.32. The van der Waals surface area contributed by atoms with E-state index in [1.165, 1.54) is 6.07 Å². The summed E-state index contributed by atoms with van der Waals surface area (Å²) in [5, 5.41) is 3.05. The van der Waals surface area contributed by atoms with E-state index in [0.717, 1.165) is 43.4 Å². The fourth-order valence-corrected chi connectivity index (χ4v) is 3.19. The van der Waals surface area contributed by atoms with Gasteiger partial charge >= 0.3 is 0 Å². The first-order valence-electron chi connectivity index (χ1n) is 7.55. The van der Waals surface area contributed by atoms with Gasteiger partial charge in [0.2, 0.25) is 11.5 Å². The number of nitrogens with one attached hydrogen (secondary N) is 2. The first kappa shape index (κ1) is 17.0. The first-order chi connectivity index (χ1) is 10.2. The van der Waals surface area contributed by atoms with E-state index in [1.807, 2.05) is 6.07 Å². The number of hydrogen-bond acceptors (Lipinski definition) is 4. The molecule has 1 aromatic rings. The van der Waals surface area contributed by atoms with Gasteiger partial charge in [-0.25, -0.2) is 0 Å². The zero-order valence-electron chi connectivity index (χ0n) is 12.3. The monoisotopic (exact) mass is 327 g/mol. The summed E-state index contributed by atoms with van der Waals surface area (Å²) in [5.74, 6) is -0.0741. The van der Waals surface area contributed by atoms with E-state index in [1.54, 1.807) is 0 Å². The van der Waals surface area contributed by atoms with Gasteiger partial charge in [-0.05, 0) is 43.7 Å². The number of ether oxygens (including phenoxy) is 1. The number of aromatic nitrogens is 1. The molecule has 1 aromatic heterocycles. The Kier molecular flexibility index (Phi) is 5.61. The number of halogens is 1. The highest BCUT2D eigenvalue weighted by Crippen LogP contribution is 2.28. The van der Waals surface area contributed by atoms with Crippen LogP contribution in [0.4, 0.5) is 0 Å². The molecular formula is C15H22ClN3O3. The van der Waals surface area contributed by atoms with Crippen molar-refractivity contribution in [1.29, 1.82) is 0 Å². The van der Waals surface area contributed by atoms with E-state index in [-0.39, 0.29) is 36.0 Å². The average Bonchev–Trinajstić information content (AvgIpc) is 2.96. The van der Waals surface area contributed by atoms with Gasteiger partial charge in [-0.1, -0.05) is 0 Å². The van der Waals surface area contributed by atoms with Crippen LogP contribution in [-0.2, 0) is 16.0 Å². The van der Waals surface area contributed by atoms with Crippen LogP contribution in [0.2, 0.25) is 0 Å². The number of H-pyrrole nitrogens is 1. The predicted molar refractivity (Wildman–Crippen MR) is 85.1 cm³/mol. The minimum Gasteiger partial charge on any atom is -0.364 e. The third kappa shape index (κ3) is 3.51. The topological polar surface area (TPSA) is 97.2 Å². The number of rotatable bonds is 3. The van der Waals surface area contributed by atoms with E-state index >= 15 is 0 Å². The molecule has 2 aliphatic rings. The second kappa shape index (κ2) is 7.26. The van der Waals surface area contributed by atoms with Crippen molar-refractivity contribution >= 4 is 18.3 Å². The minimum atomic E-state index is -0.397.